The number of ether oxygens (including phenoxy) is 5. The quantitative estimate of drug-likeness (QED) is 0.103. The average Bonchev–Trinajstić information content (AvgIpc) is 2.94. The highest BCUT2D eigenvalue weighted by molar-refractivity contribution is 5.92. The van der Waals surface area contributed by atoms with Gasteiger partial charge in [-0.25, -0.2) is 10.2 Å². The van der Waals surface area contributed by atoms with E-state index in [2.05, 4.69) is 17.1 Å². The van der Waals surface area contributed by atoms with Crippen molar-refractivity contribution in [1.29, 1.82) is 0 Å². The van der Waals surface area contributed by atoms with E-state index in [1.165, 1.54) is 13.3 Å². The molecule has 204 valence electrons. The highest BCUT2D eigenvalue weighted by atomic mass is 16.6. The number of carbonyl (C=O) groups excluding carboxylic acids is 2. The second-order valence-corrected chi connectivity index (χ2v) is 8.05. The van der Waals surface area contributed by atoms with Gasteiger partial charge in [0.05, 0.1) is 32.1 Å². The van der Waals surface area contributed by atoms with Crippen LogP contribution in [-0.4, -0.2) is 45.0 Å². The molecule has 0 atom stereocenters. The SMILES string of the molecule is C=CCc1ccc(OCC(=O)N/N=C/c2ccc(OC(=O)c3ccc(OCC)cc3)c(OCC)c2)c(OC)c1. The molecule has 0 saturated heterocycles. The van der Waals surface area contributed by atoms with E-state index in [0.717, 1.165) is 5.56 Å². The predicted octanol–water partition coefficient (Wildman–Crippen LogP) is 4.97. The van der Waals surface area contributed by atoms with Crippen molar-refractivity contribution in [2.45, 2.75) is 20.3 Å². The van der Waals surface area contributed by atoms with Crippen molar-refractivity contribution in [3.05, 3.63) is 90.0 Å². The molecule has 1 amide bonds. The van der Waals surface area contributed by atoms with E-state index >= 15 is 0 Å². The van der Waals surface area contributed by atoms with Gasteiger partial charge in [-0.3, -0.25) is 4.79 Å². The molecular weight excluding hydrogens is 500 g/mol. The van der Waals surface area contributed by atoms with Crippen LogP contribution in [0.5, 0.6) is 28.7 Å². The number of hydrazone groups is 1. The second kappa shape index (κ2) is 14.8. The maximum Gasteiger partial charge on any atom is 0.343 e. The third-order valence-electron chi connectivity index (χ3n) is 5.24. The number of nitrogens with one attached hydrogen (secondary N) is 1. The van der Waals surface area contributed by atoms with Crippen LogP contribution in [0.4, 0.5) is 0 Å². The average molecular weight is 533 g/mol. The Hall–Kier alpha value is -4.79. The molecule has 3 rings (SSSR count). The second-order valence-electron chi connectivity index (χ2n) is 8.05. The summed E-state index contributed by atoms with van der Waals surface area (Å²) in [6.07, 6.45) is 3.94. The first-order valence-electron chi connectivity index (χ1n) is 12.4. The van der Waals surface area contributed by atoms with Crippen molar-refractivity contribution in [3.63, 3.8) is 0 Å². The summed E-state index contributed by atoms with van der Waals surface area (Å²) in [5.41, 5.74) is 4.44. The monoisotopic (exact) mass is 532 g/mol. The Morgan fingerprint density at radius 2 is 1.62 bits per heavy atom. The Labute approximate surface area is 228 Å². The molecule has 0 saturated carbocycles. The standard InChI is InChI=1S/C30H32N2O7/c1-5-8-21-9-15-25(27(17-21)35-4)38-20-29(33)32-31-19-22-10-16-26(28(18-22)37-7-3)39-30(34)23-11-13-24(14-12-23)36-6-2/h5,9-19H,1,6-8,20H2,2-4H3,(H,32,33)/b31-19+. The van der Waals surface area contributed by atoms with Crippen molar-refractivity contribution in [1.82, 2.24) is 5.43 Å². The number of hydrogen-bond donors (Lipinski definition) is 1. The van der Waals surface area contributed by atoms with Crippen LogP contribution >= 0.6 is 0 Å². The molecule has 0 fully saturated rings. The number of esters is 1. The normalized spacial score (nSPS) is 10.5. The van der Waals surface area contributed by atoms with Gasteiger partial charge in [-0.15, -0.1) is 6.58 Å². The van der Waals surface area contributed by atoms with Gasteiger partial charge in [-0.1, -0.05) is 12.1 Å². The van der Waals surface area contributed by atoms with Gasteiger partial charge in [0.1, 0.15) is 5.75 Å². The Morgan fingerprint density at radius 3 is 2.31 bits per heavy atom. The molecule has 0 aliphatic rings. The van der Waals surface area contributed by atoms with Crippen LogP contribution in [-0.2, 0) is 11.2 Å². The number of nitrogens with zero attached hydrogens (tertiary/aromatic N) is 1. The van der Waals surface area contributed by atoms with Gasteiger partial charge in [-0.05, 0) is 86.0 Å². The first-order chi connectivity index (χ1) is 19.0. The van der Waals surface area contributed by atoms with Gasteiger partial charge >= 0.3 is 5.97 Å². The maximum absolute atomic E-state index is 12.6. The Balaban J connectivity index is 1.58. The lowest BCUT2D eigenvalue weighted by molar-refractivity contribution is -0.123. The van der Waals surface area contributed by atoms with Crippen LogP contribution in [0.3, 0.4) is 0 Å². The van der Waals surface area contributed by atoms with Gasteiger partial charge in [0.15, 0.2) is 29.6 Å². The number of amides is 1. The highest BCUT2D eigenvalue weighted by Gasteiger charge is 2.14. The van der Waals surface area contributed by atoms with Crippen molar-refractivity contribution in [2.24, 2.45) is 5.10 Å². The summed E-state index contributed by atoms with van der Waals surface area (Å²) in [6, 6.07) is 17.1. The van der Waals surface area contributed by atoms with Crippen LogP contribution in [0.1, 0.15) is 35.3 Å². The summed E-state index contributed by atoms with van der Waals surface area (Å²) in [5, 5.41) is 3.98. The molecule has 0 bridgehead atoms. The van der Waals surface area contributed by atoms with Crippen LogP contribution in [0.25, 0.3) is 0 Å². The molecular formula is C30H32N2O7. The van der Waals surface area contributed by atoms with E-state index < -0.39 is 11.9 Å². The zero-order valence-electron chi connectivity index (χ0n) is 22.3. The summed E-state index contributed by atoms with van der Waals surface area (Å²) in [6.45, 7) is 8.08. The summed E-state index contributed by atoms with van der Waals surface area (Å²) in [4.78, 5) is 24.8. The smallest absolute Gasteiger partial charge is 0.343 e. The molecule has 9 heteroatoms. The lowest BCUT2D eigenvalue weighted by atomic mass is 10.1. The summed E-state index contributed by atoms with van der Waals surface area (Å²) < 4.78 is 27.5. The lowest BCUT2D eigenvalue weighted by Crippen LogP contribution is -2.24. The third-order valence-corrected chi connectivity index (χ3v) is 5.24. The van der Waals surface area contributed by atoms with Crippen LogP contribution in [0.15, 0.2) is 78.4 Å². The summed E-state index contributed by atoms with van der Waals surface area (Å²) >= 11 is 0. The molecule has 0 radical (unpaired) electrons. The number of hydrogen-bond acceptors (Lipinski definition) is 8. The molecule has 3 aromatic rings. The van der Waals surface area contributed by atoms with Crippen LogP contribution in [0.2, 0.25) is 0 Å². The largest absolute Gasteiger partial charge is 0.494 e. The zero-order chi connectivity index (χ0) is 28.0. The van der Waals surface area contributed by atoms with E-state index in [4.69, 9.17) is 23.7 Å². The number of rotatable bonds is 14. The molecule has 0 unspecified atom stereocenters. The van der Waals surface area contributed by atoms with Crippen molar-refractivity contribution < 1.29 is 33.3 Å². The predicted molar refractivity (Wildman–Crippen MR) is 148 cm³/mol. The molecule has 0 spiro atoms. The molecule has 0 heterocycles. The van der Waals surface area contributed by atoms with E-state index in [1.807, 2.05) is 26.0 Å². The summed E-state index contributed by atoms with van der Waals surface area (Å²) in [5.74, 6) is 1.29. The van der Waals surface area contributed by atoms with Gasteiger partial charge in [0, 0.05) is 0 Å². The van der Waals surface area contributed by atoms with Crippen LogP contribution in [0, 0.1) is 0 Å². The van der Waals surface area contributed by atoms with Gasteiger partial charge in [-0.2, -0.15) is 5.10 Å². The van der Waals surface area contributed by atoms with Gasteiger partial charge in [0.25, 0.3) is 5.91 Å². The lowest BCUT2D eigenvalue weighted by Gasteiger charge is -2.12. The minimum absolute atomic E-state index is 0.251. The molecule has 3 aromatic carbocycles. The van der Waals surface area contributed by atoms with Gasteiger partial charge < -0.3 is 23.7 Å². The van der Waals surface area contributed by atoms with Crippen molar-refractivity contribution in [2.75, 3.05) is 26.9 Å². The van der Waals surface area contributed by atoms with E-state index in [9.17, 15) is 9.59 Å². The minimum atomic E-state index is -0.528. The number of methoxy groups -OCH3 is 1. The number of benzene rings is 3. The topological polar surface area (TPSA) is 105 Å². The number of carbonyl (C=O) groups is 2. The van der Waals surface area contributed by atoms with E-state index in [0.29, 0.717) is 53.8 Å². The molecule has 39 heavy (non-hydrogen) atoms. The minimum Gasteiger partial charge on any atom is -0.494 e. The Bertz CT molecular complexity index is 1300. The van der Waals surface area contributed by atoms with Gasteiger partial charge in [0.2, 0.25) is 0 Å². The fourth-order valence-corrected chi connectivity index (χ4v) is 3.45. The van der Waals surface area contributed by atoms with E-state index in [-0.39, 0.29) is 12.4 Å². The first kappa shape index (κ1) is 28.8. The molecule has 0 aliphatic carbocycles. The van der Waals surface area contributed by atoms with Crippen molar-refractivity contribution in [3.8, 4) is 28.7 Å². The van der Waals surface area contributed by atoms with Crippen molar-refractivity contribution >= 4 is 18.1 Å². The highest BCUT2D eigenvalue weighted by Crippen LogP contribution is 2.30. The first-order valence-corrected chi connectivity index (χ1v) is 12.4. The fourth-order valence-electron chi connectivity index (χ4n) is 3.45. The molecule has 1 N–H and O–H groups in total. The number of allylic oxidation sites excluding steroid dienone is 1. The Kier molecular flexibility index (Phi) is 10.9. The zero-order valence-corrected chi connectivity index (χ0v) is 22.3. The fraction of sp³-hybridized carbons (Fsp3) is 0.233. The van der Waals surface area contributed by atoms with E-state index in [1.54, 1.807) is 54.6 Å². The molecule has 0 aromatic heterocycles. The molecule has 0 aliphatic heterocycles. The Morgan fingerprint density at radius 1 is 0.872 bits per heavy atom. The van der Waals surface area contributed by atoms with Crippen LogP contribution < -0.4 is 29.1 Å². The maximum atomic E-state index is 12.6. The summed E-state index contributed by atoms with van der Waals surface area (Å²) in [7, 11) is 1.53. The molecule has 9 nitrogen and oxygen atoms in total. The third kappa shape index (κ3) is 8.63.